The van der Waals surface area contributed by atoms with Crippen LogP contribution in [0.5, 0.6) is 5.88 Å². The first-order chi connectivity index (χ1) is 16.4. The molecule has 1 aromatic heterocycles. The van der Waals surface area contributed by atoms with Crippen molar-refractivity contribution in [3.8, 4) is 5.88 Å². The number of ether oxygens (including phenoxy) is 2. The van der Waals surface area contributed by atoms with E-state index in [1.165, 1.54) is 6.20 Å². The quantitative estimate of drug-likeness (QED) is 0.412. The zero-order valence-corrected chi connectivity index (χ0v) is 20.2. The predicted octanol–water partition coefficient (Wildman–Crippen LogP) is 3.70. The van der Waals surface area contributed by atoms with Gasteiger partial charge in [0.15, 0.2) is 0 Å². The number of halogens is 1. The summed E-state index contributed by atoms with van der Waals surface area (Å²) in [5.41, 5.74) is 1.74. The third kappa shape index (κ3) is 7.18. The Hall–Kier alpha value is -3.13. The minimum absolute atomic E-state index is 0.00843. The van der Waals surface area contributed by atoms with Gasteiger partial charge < -0.3 is 20.1 Å². The smallest absolute Gasteiger partial charge is 0.308 e. The molecule has 2 amide bonds. The Labute approximate surface area is 204 Å². The van der Waals surface area contributed by atoms with E-state index in [-0.39, 0.29) is 42.9 Å². The molecule has 1 aliphatic rings. The minimum Gasteiger partial charge on any atom is -0.474 e. The summed E-state index contributed by atoms with van der Waals surface area (Å²) in [4.78, 5) is 40.6. The van der Waals surface area contributed by atoms with Crippen LogP contribution in [0.15, 0.2) is 36.5 Å². The summed E-state index contributed by atoms with van der Waals surface area (Å²) in [5.74, 6) is -0.256. The van der Waals surface area contributed by atoms with Crippen molar-refractivity contribution in [2.75, 3.05) is 19.7 Å². The number of aromatic nitrogens is 1. The van der Waals surface area contributed by atoms with Crippen molar-refractivity contribution in [3.05, 3.63) is 58.2 Å². The van der Waals surface area contributed by atoms with Crippen molar-refractivity contribution in [1.82, 2.24) is 15.6 Å². The van der Waals surface area contributed by atoms with E-state index in [1.807, 2.05) is 13.8 Å². The molecule has 0 aliphatic heterocycles. The van der Waals surface area contributed by atoms with Gasteiger partial charge in [0.2, 0.25) is 5.88 Å². The van der Waals surface area contributed by atoms with Crippen LogP contribution in [0, 0.1) is 12.8 Å². The number of amides is 2. The maximum atomic E-state index is 12.3. The zero-order chi connectivity index (χ0) is 24.5. The lowest BCUT2D eigenvalue weighted by Gasteiger charge is -2.27. The third-order valence-electron chi connectivity index (χ3n) is 5.70. The second-order valence-corrected chi connectivity index (χ2v) is 8.61. The van der Waals surface area contributed by atoms with Crippen molar-refractivity contribution in [2.24, 2.45) is 5.92 Å². The van der Waals surface area contributed by atoms with Crippen molar-refractivity contribution >= 4 is 29.4 Å². The minimum atomic E-state index is -0.286. The standard InChI is InChI=1S/C25H30ClN3O5/c1-3-33-25(32)17-4-8-20(9-5-17)34-22-11-7-19(15-29-22)24(31)28-13-12-27-23(30)18-6-10-21(26)16(2)14-18/h6-7,10-11,14-15,17,20H,3-5,8-9,12-13H2,1-2H3,(H,27,30)(H,28,31)/t17-,20+. The highest BCUT2D eigenvalue weighted by molar-refractivity contribution is 6.31. The number of nitrogens with zero attached hydrogens (tertiary/aromatic N) is 1. The molecule has 2 aromatic rings. The number of pyridine rings is 1. The maximum absolute atomic E-state index is 12.3. The van der Waals surface area contributed by atoms with E-state index in [9.17, 15) is 14.4 Å². The number of nitrogens with one attached hydrogen (secondary N) is 2. The fourth-order valence-corrected chi connectivity index (χ4v) is 3.89. The Morgan fingerprint density at radius 3 is 2.24 bits per heavy atom. The van der Waals surface area contributed by atoms with E-state index in [2.05, 4.69) is 15.6 Å². The maximum Gasteiger partial charge on any atom is 0.308 e. The van der Waals surface area contributed by atoms with Crippen LogP contribution >= 0.6 is 11.6 Å². The summed E-state index contributed by atoms with van der Waals surface area (Å²) in [6, 6.07) is 8.37. The van der Waals surface area contributed by atoms with Gasteiger partial charge in [0.25, 0.3) is 11.8 Å². The molecule has 34 heavy (non-hydrogen) atoms. The summed E-state index contributed by atoms with van der Waals surface area (Å²) < 4.78 is 11.0. The molecule has 8 nitrogen and oxygen atoms in total. The summed E-state index contributed by atoms with van der Waals surface area (Å²) in [7, 11) is 0. The number of hydrogen-bond donors (Lipinski definition) is 2. The molecule has 0 radical (unpaired) electrons. The van der Waals surface area contributed by atoms with Gasteiger partial charge in [0.1, 0.15) is 6.10 Å². The number of rotatable bonds is 9. The van der Waals surface area contributed by atoms with E-state index >= 15 is 0 Å². The Kier molecular flexibility index (Phi) is 9.27. The summed E-state index contributed by atoms with van der Waals surface area (Å²) in [6.45, 7) is 4.61. The molecule has 1 aliphatic carbocycles. The number of carbonyl (C=O) groups is 3. The second-order valence-electron chi connectivity index (χ2n) is 8.20. The number of esters is 1. The molecule has 3 rings (SSSR count). The largest absolute Gasteiger partial charge is 0.474 e. The van der Waals surface area contributed by atoms with Crippen molar-refractivity contribution in [1.29, 1.82) is 0 Å². The first kappa shape index (κ1) is 25.5. The summed E-state index contributed by atoms with van der Waals surface area (Å²) in [6.07, 6.45) is 4.44. The number of benzene rings is 1. The van der Waals surface area contributed by atoms with Gasteiger partial charge in [-0.15, -0.1) is 0 Å². The van der Waals surface area contributed by atoms with Crippen LogP contribution in [-0.2, 0) is 9.53 Å². The molecule has 1 fully saturated rings. The van der Waals surface area contributed by atoms with Crippen LogP contribution in [0.2, 0.25) is 5.02 Å². The molecule has 1 aromatic carbocycles. The van der Waals surface area contributed by atoms with Crippen LogP contribution < -0.4 is 15.4 Å². The Bertz CT molecular complexity index is 1000. The lowest BCUT2D eigenvalue weighted by molar-refractivity contribution is -0.149. The predicted molar refractivity (Wildman–Crippen MR) is 128 cm³/mol. The summed E-state index contributed by atoms with van der Waals surface area (Å²) in [5, 5.41) is 6.12. The van der Waals surface area contributed by atoms with Crippen LogP contribution in [0.1, 0.15) is 58.9 Å². The Morgan fingerprint density at radius 1 is 1.00 bits per heavy atom. The molecular formula is C25H30ClN3O5. The fourth-order valence-electron chi connectivity index (χ4n) is 3.77. The van der Waals surface area contributed by atoms with Gasteiger partial charge in [-0.2, -0.15) is 0 Å². The number of hydrogen-bond acceptors (Lipinski definition) is 6. The van der Waals surface area contributed by atoms with E-state index in [0.717, 1.165) is 31.2 Å². The molecule has 2 N–H and O–H groups in total. The first-order valence-corrected chi connectivity index (χ1v) is 11.9. The SMILES string of the molecule is CCOC(=O)[C@H]1CC[C@@H](Oc2ccc(C(=O)NCCNC(=O)c3ccc(Cl)c(C)c3)cn2)CC1. The van der Waals surface area contributed by atoms with Crippen molar-refractivity contribution in [2.45, 2.75) is 45.6 Å². The van der Waals surface area contributed by atoms with Gasteiger partial charge in [0, 0.05) is 35.9 Å². The molecule has 0 atom stereocenters. The van der Waals surface area contributed by atoms with Gasteiger partial charge in [-0.25, -0.2) is 4.98 Å². The van der Waals surface area contributed by atoms with Gasteiger partial charge in [-0.1, -0.05) is 11.6 Å². The van der Waals surface area contributed by atoms with Crippen molar-refractivity contribution in [3.63, 3.8) is 0 Å². The molecule has 9 heteroatoms. The normalized spacial score (nSPS) is 17.5. The molecule has 1 saturated carbocycles. The van der Waals surface area contributed by atoms with Gasteiger partial charge in [-0.05, 0) is 69.4 Å². The van der Waals surface area contributed by atoms with Crippen LogP contribution in [0.25, 0.3) is 0 Å². The van der Waals surface area contributed by atoms with Crippen LogP contribution in [0.4, 0.5) is 0 Å². The topological polar surface area (TPSA) is 107 Å². The Morgan fingerprint density at radius 2 is 1.65 bits per heavy atom. The zero-order valence-electron chi connectivity index (χ0n) is 19.4. The second kappa shape index (κ2) is 12.4. The Balaban J connectivity index is 1.38. The molecule has 0 unspecified atom stereocenters. The number of aryl methyl sites for hydroxylation is 1. The van der Waals surface area contributed by atoms with Crippen LogP contribution in [-0.4, -0.2) is 48.6 Å². The molecule has 0 spiro atoms. The first-order valence-electron chi connectivity index (χ1n) is 11.5. The molecule has 0 saturated heterocycles. The fraction of sp³-hybridized carbons (Fsp3) is 0.440. The van der Waals surface area contributed by atoms with E-state index in [4.69, 9.17) is 21.1 Å². The van der Waals surface area contributed by atoms with Gasteiger partial charge >= 0.3 is 5.97 Å². The molecular weight excluding hydrogens is 458 g/mol. The summed E-state index contributed by atoms with van der Waals surface area (Å²) >= 11 is 5.98. The van der Waals surface area contributed by atoms with Crippen LogP contribution in [0.3, 0.4) is 0 Å². The van der Waals surface area contributed by atoms with E-state index in [0.29, 0.717) is 28.6 Å². The lowest BCUT2D eigenvalue weighted by atomic mass is 9.87. The van der Waals surface area contributed by atoms with Crippen molar-refractivity contribution < 1.29 is 23.9 Å². The molecule has 1 heterocycles. The molecule has 0 bridgehead atoms. The molecule has 182 valence electrons. The lowest BCUT2D eigenvalue weighted by Crippen LogP contribution is -2.34. The highest BCUT2D eigenvalue weighted by Crippen LogP contribution is 2.28. The van der Waals surface area contributed by atoms with E-state index < -0.39 is 0 Å². The highest BCUT2D eigenvalue weighted by atomic mass is 35.5. The highest BCUT2D eigenvalue weighted by Gasteiger charge is 2.28. The van der Waals surface area contributed by atoms with E-state index in [1.54, 1.807) is 30.3 Å². The monoisotopic (exact) mass is 487 g/mol. The third-order valence-corrected chi connectivity index (χ3v) is 6.12. The average molecular weight is 488 g/mol. The van der Waals surface area contributed by atoms with Gasteiger partial charge in [0.05, 0.1) is 18.1 Å². The number of carbonyl (C=O) groups excluding carboxylic acids is 3. The van der Waals surface area contributed by atoms with Gasteiger partial charge in [-0.3, -0.25) is 14.4 Å². The average Bonchev–Trinajstić information content (AvgIpc) is 2.84.